The molecule has 3 heteroatoms. The highest BCUT2D eigenvalue weighted by Crippen LogP contribution is 2.30. The Labute approximate surface area is 115 Å². The Bertz CT molecular complexity index is 460. The summed E-state index contributed by atoms with van der Waals surface area (Å²) >= 11 is 0. The van der Waals surface area contributed by atoms with Crippen molar-refractivity contribution in [2.45, 2.75) is 46.1 Å². The second-order valence-electron chi connectivity index (χ2n) is 6.09. The number of hydrogen-bond acceptors (Lipinski definition) is 2. The molecule has 1 aromatic rings. The average Bonchev–Trinajstić information content (AvgIpc) is 2.26. The minimum Gasteiger partial charge on any atom is -0.478 e. The Morgan fingerprint density at radius 1 is 1.21 bits per heavy atom. The number of carbonyl (C=O) groups is 1. The van der Waals surface area contributed by atoms with Crippen molar-refractivity contribution >= 4 is 11.7 Å². The molecule has 2 N–H and O–H groups in total. The highest BCUT2D eigenvalue weighted by atomic mass is 16.4. The zero-order valence-corrected chi connectivity index (χ0v) is 11.9. The lowest BCUT2D eigenvalue weighted by atomic mass is 9.80. The summed E-state index contributed by atoms with van der Waals surface area (Å²) in [6.45, 7) is 6.47. The fourth-order valence-corrected chi connectivity index (χ4v) is 3.29. The summed E-state index contributed by atoms with van der Waals surface area (Å²) in [6.07, 6.45) is 3.71. The van der Waals surface area contributed by atoms with E-state index in [2.05, 4.69) is 19.2 Å². The first-order valence-corrected chi connectivity index (χ1v) is 7.06. The monoisotopic (exact) mass is 261 g/mol. The predicted molar refractivity (Wildman–Crippen MR) is 77.7 cm³/mol. The lowest BCUT2D eigenvalue weighted by molar-refractivity contribution is 0.0696. The highest BCUT2D eigenvalue weighted by Gasteiger charge is 2.23. The molecule has 0 saturated heterocycles. The van der Waals surface area contributed by atoms with Gasteiger partial charge in [-0.05, 0) is 61.8 Å². The van der Waals surface area contributed by atoms with E-state index in [-0.39, 0.29) is 0 Å². The molecule has 3 nitrogen and oxygen atoms in total. The van der Waals surface area contributed by atoms with Crippen molar-refractivity contribution < 1.29 is 9.90 Å². The first-order chi connectivity index (χ1) is 8.95. The molecule has 2 rings (SSSR count). The summed E-state index contributed by atoms with van der Waals surface area (Å²) in [5, 5.41) is 12.6. The van der Waals surface area contributed by atoms with Crippen molar-refractivity contribution in [1.82, 2.24) is 0 Å². The first kappa shape index (κ1) is 13.9. The van der Waals surface area contributed by atoms with E-state index >= 15 is 0 Å². The molecule has 0 bridgehead atoms. The standard InChI is InChI=1S/C16H23NO2/c1-10-6-11(2)8-14(7-10)17-13-4-5-15(16(18)19)12(3)9-13/h4-5,9-11,14,17H,6-8H2,1-3H3,(H,18,19). The Balaban J connectivity index is 2.07. The molecule has 104 valence electrons. The van der Waals surface area contributed by atoms with E-state index < -0.39 is 5.97 Å². The average molecular weight is 261 g/mol. The van der Waals surface area contributed by atoms with Gasteiger partial charge in [0, 0.05) is 11.7 Å². The molecule has 19 heavy (non-hydrogen) atoms. The molecule has 1 fully saturated rings. The zero-order chi connectivity index (χ0) is 14.0. The van der Waals surface area contributed by atoms with Gasteiger partial charge in [0.15, 0.2) is 0 Å². The number of benzene rings is 1. The molecule has 0 spiro atoms. The van der Waals surface area contributed by atoms with Gasteiger partial charge in [-0.2, -0.15) is 0 Å². The van der Waals surface area contributed by atoms with Gasteiger partial charge in [0.2, 0.25) is 0 Å². The van der Waals surface area contributed by atoms with E-state index in [1.807, 2.05) is 19.1 Å². The first-order valence-electron chi connectivity index (χ1n) is 7.06. The maximum atomic E-state index is 11.0. The molecular weight excluding hydrogens is 238 g/mol. The summed E-state index contributed by atoms with van der Waals surface area (Å²) in [5.41, 5.74) is 2.24. The van der Waals surface area contributed by atoms with Crippen LogP contribution in [-0.4, -0.2) is 17.1 Å². The molecule has 0 heterocycles. The summed E-state index contributed by atoms with van der Waals surface area (Å²) in [4.78, 5) is 11.0. The number of hydrogen-bond donors (Lipinski definition) is 2. The van der Waals surface area contributed by atoms with Gasteiger partial charge in [-0.15, -0.1) is 0 Å². The summed E-state index contributed by atoms with van der Waals surface area (Å²) in [7, 11) is 0. The van der Waals surface area contributed by atoms with Crippen molar-refractivity contribution in [2.24, 2.45) is 11.8 Å². The SMILES string of the molecule is Cc1cc(NC2CC(C)CC(C)C2)ccc1C(=O)O. The molecule has 2 atom stereocenters. The summed E-state index contributed by atoms with van der Waals surface area (Å²) in [6, 6.07) is 6.01. The number of rotatable bonds is 3. The maximum Gasteiger partial charge on any atom is 0.335 e. The fraction of sp³-hybridized carbons (Fsp3) is 0.562. The van der Waals surface area contributed by atoms with Gasteiger partial charge in [-0.1, -0.05) is 13.8 Å². The van der Waals surface area contributed by atoms with Gasteiger partial charge in [0.05, 0.1) is 5.56 Å². The minimum atomic E-state index is -0.857. The molecule has 1 aliphatic rings. The predicted octanol–water partition coefficient (Wildman–Crippen LogP) is 3.93. The highest BCUT2D eigenvalue weighted by molar-refractivity contribution is 5.89. The molecular formula is C16H23NO2. The van der Waals surface area contributed by atoms with Crippen LogP contribution in [0.2, 0.25) is 0 Å². The lowest BCUT2D eigenvalue weighted by Crippen LogP contribution is -2.30. The van der Waals surface area contributed by atoms with Gasteiger partial charge >= 0.3 is 5.97 Å². The fourth-order valence-electron chi connectivity index (χ4n) is 3.29. The number of anilines is 1. The second-order valence-corrected chi connectivity index (χ2v) is 6.09. The van der Waals surface area contributed by atoms with Crippen molar-refractivity contribution in [2.75, 3.05) is 5.32 Å². The van der Waals surface area contributed by atoms with Crippen LogP contribution in [0, 0.1) is 18.8 Å². The van der Waals surface area contributed by atoms with Crippen LogP contribution in [0.15, 0.2) is 18.2 Å². The van der Waals surface area contributed by atoms with Gasteiger partial charge in [-0.25, -0.2) is 4.79 Å². The molecule has 0 aromatic heterocycles. The van der Waals surface area contributed by atoms with Gasteiger partial charge < -0.3 is 10.4 Å². The van der Waals surface area contributed by atoms with Crippen LogP contribution in [0.25, 0.3) is 0 Å². The Morgan fingerprint density at radius 3 is 2.37 bits per heavy atom. The normalized spacial score (nSPS) is 27.0. The van der Waals surface area contributed by atoms with Crippen LogP contribution >= 0.6 is 0 Å². The number of aromatic carboxylic acids is 1. The maximum absolute atomic E-state index is 11.0. The van der Waals surface area contributed by atoms with Crippen molar-refractivity contribution in [3.63, 3.8) is 0 Å². The Hall–Kier alpha value is -1.51. The number of nitrogens with one attached hydrogen (secondary N) is 1. The van der Waals surface area contributed by atoms with Gasteiger partial charge in [0.1, 0.15) is 0 Å². The quantitative estimate of drug-likeness (QED) is 0.866. The van der Waals surface area contributed by atoms with Crippen LogP contribution in [0.5, 0.6) is 0 Å². The van der Waals surface area contributed by atoms with E-state index in [9.17, 15) is 4.79 Å². The third kappa shape index (κ3) is 3.49. The van der Waals surface area contributed by atoms with Crippen LogP contribution in [-0.2, 0) is 0 Å². The Morgan fingerprint density at radius 2 is 1.84 bits per heavy atom. The summed E-state index contributed by atoms with van der Waals surface area (Å²) in [5.74, 6) is 0.672. The van der Waals surface area contributed by atoms with Crippen LogP contribution in [0.4, 0.5) is 5.69 Å². The number of carboxylic acids is 1. The lowest BCUT2D eigenvalue weighted by Gasteiger charge is -2.32. The Kier molecular flexibility index (Phi) is 4.13. The molecule has 0 amide bonds. The van der Waals surface area contributed by atoms with Crippen LogP contribution < -0.4 is 5.32 Å². The largest absolute Gasteiger partial charge is 0.478 e. The van der Waals surface area contributed by atoms with E-state index in [0.717, 1.165) is 23.1 Å². The van der Waals surface area contributed by atoms with E-state index in [1.165, 1.54) is 19.3 Å². The van der Waals surface area contributed by atoms with Gasteiger partial charge in [0.25, 0.3) is 0 Å². The van der Waals surface area contributed by atoms with E-state index in [4.69, 9.17) is 5.11 Å². The van der Waals surface area contributed by atoms with Crippen molar-refractivity contribution in [3.8, 4) is 0 Å². The van der Waals surface area contributed by atoms with E-state index in [0.29, 0.717) is 11.6 Å². The number of aryl methyl sites for hydroxylation is 1. The molecule has 0 aliphatic heterocycles. The van der Waals surface area contributed by atoms with Crippen LogP contribution in [0.1, 0.15) is 49.0 Å². The summed E-state index contributed by atoms with van der Waals surface area (Å²) < 4.78 is 0. The van der Waals surface area contributed by atoms with E-state index in [1.54, 1.807) is 6.07 Å². The molecule has 1 aromatic carbocycles. The second kappa shape index (κ2) is 5.64. The van der Waals surface area contributed by atoms with Crippen molar-refractivity contribution in [3.05, 3.63) is 29.3 Å². The third-order valence-corrected chi connectivity index (χ3v) is 4.01. The zero-order valence-electron chi connectivity index (χ0n) is 11.9. The van der Waals surface area contributed by atoms with Gasteiger partial charge in [-0.3, -0.25) is 0 Å². The topological polar surface area (TPSA) is 49.3 Å². The van der Waals surface area contributed by atoms with Crippen LogP contribution in [0.3, 0.4) is 0 Å². The molecule has 1 saturated carbocycles. The van der Waals surface area contributed by atoms with Crippen molar-refractivity contribution in [1.29, 1.82) is 0 Å². The number of carboxylic acid groups (broad SMARTS) is 1. The third-order valence-electron chi connectivity index (χ3n) is 4.01. The smallest absolute Gasteiger partial charge is 0.335 e. The molecule has 2 unspecified atom stereocenters. The molecule has 0 radical (unpaired) electrons. The minimum absolute atomic E-state index is 0.385. The molecule has 1 aliphatic carbocycles.